The Hall–Kier alpha value is -2.86. The number of benzene rings is 1. The summed E-state index contributed by atoms with van der Waals surface area (Å²) in [4.78, 5) is 14.9. The summed E-state index contributed by atoms with van der Waals surface area (Å²) >= 11 is 0. The van der Waals surface area contributed by atoms with Crippen molar-refractivity contribution < 1.29 is 19.6 Å². The number of carbonyl (C=O) groups is 1. The average Bonchev–Trinajstić information content (AvgIpc) is 3.26. The van der Waals surface area contributed by atoms with Crippen molar-refractivity contribution >= 4 is 5.97 Å². The molecule has 3 rings (SSSR count). The van der Waals surface area contributed by atoms with Gasteiger partial charge in [0.05, 0.1) is 18.8 Å². The van der Waals surface area contributed by atoms with E-state index in [2.05, 4.69) is 14.9 Å². The number of hydrogen-bond acceptors (Lipinski definition) is 4. The topological polar surface area (TPSA) is 87.7 Å². The molecule has 0 unspecified atom stereocenters. The number of rotatable bonds is 8. The van der Waals surface area contributed by atoms with Crippen molar-refractivity contribution in [2.24, 2.45) is 0 Å². The van der Waals surface area contributed by atoms with E-state index in [4.69, 9.17) is 4.42 Å². The molecule has 24 heavy (non-hydrogen) atoms. The van der Waals surface area contributed by atoms with Crippen LogP contribution in [0.3, 0.4) is 0 Å². The third kappa shape index (κ3) is 4.11. The van der Waals surface area contributed by atoms with Crippen molar-refractivity contribution in [3.05, 3.63) is 66.4 Å². The summed E-state index contributed by atoms with van der Waals surface area (Å²) in [6.07, 6.45) is 6.61. The SMILES string of the molecule is O=C([O-])c1cccc(-c2ccc(C[NH2+]CCCn3ccnc3)o2)c1. The number of carboxylic acid groups (broad SMARTS) is 1. The molecule has 0 aliphatic heterocycles. The first-order chi connectivity index (χ1) is 11.7. The first-order valence-corrected chi connectivity index (χ1v) is 7.90. The lowest BCUT2D eigenvalue weighted by molar-refractivity contribution is -0.672. The van der Waals surface area contributed by atoms with E-state index in [-0.39, 0.29) is 5.56 Å². The Kier molecular flexibility index (Phi) is 5.08. The van der Waals surface area contributed by atoms with Gasteiger partial charge in [-0.15, -0.1) is 0 Å². The van der Waals surface area contributed by atoms with Crippen molar-refractivity contribution in [3.63, 3.8) is 0 Å². The van der Waals surface area contributed by atoms with E-state index in [0.29, 0.717) is 5.76 Å². The molecule has 0 saturated carbocycles. The van der Waals surface area contributed by atoms with Gasteiger partial charge < -0.3 is 24.2 Å². The number of aromatic carboxylic acids is 1. The van der Waals surface area contributed by atoms with Crippen LogP contribution in [-0.4, -0.2) is 22.1 Å². The summed E-state index contributed by atoms with van der Waals surface area (Å²) in [6.45, 7) is 2.70. The van der Waals surface area contributed by atoms with E-state index in [1.54, 1.807) is 18.3 Å². The van der Waals surface area contributed by atoms with Crippen molar-refractivity contribution in [1.82, 2.24) is 9.55 Å². The molecule has 0 aliphatic rings. The van der Waals surface area contributed by atoms with Gasteiger partial charge in [0.1, 0.15) is 12.3 Å². The number of aryl methyl sites for hydroxylation is 1. The molecule has 0 fully saturated rings. The lowest BCUT2D eigenvalue weighted by Crippen LogP contribution is -2.82. The molecule has 0 amide bonds. The molecule has 6 heteroatoms. The highest BCUT2D eigenvalue weighted by molar-refractivity contribution is 5.87. The Morgan fingerprint density at radius 1 is 1.29 bits per heavy atom. The monoisotopic (exact) mass is 325 g/mol. The molecule has 1 aromatic carbocycles. The maximum absolute atomic E-state index is 10.9. The summed E-state index contributed by atoms with van der Waals surface area (Å²) in [5, 5.41) is 13.1. The fourth-order valence-corrected chi connectivity index (χ4v) is 2.52. The second kappa shape index (κ2) is 7.61. The molecule has 3 aromatic rings. The summed E-state index contributed by atoms with van der Waals surface area (Å²) in [6, 6.07) is 10.4. The van der Waals surface area contributed by atoms with Crippen molar-refractivity contribution in [2.45, 2.75) is 19.5 Å². The quantitative estimate of drug-likeness (QED) is 0.616. The summed E-state index contributed by atoms with van der Waals surface area (Å²) in [7, 11) is 0. The van der Waals surface area contributed by atoms with Gasteiger partial charge in [0.25, 0.3) is 0 Å². The third-order valence-corrected chi connectivity index (χ3v) is 3.77. The van der Waals surface area contributed by atoms with Gasteiger partial charge in [0.2, 0.25) is 0 Å². The molecular formula is C18H19N3O3. The number of furan rings is 1. The number of hydrogen-bond donors (Lipinski definition) is 1. The van der Waals surface area contributed by atoms with Crippen LogP contribution in [0.1, 0.15) is 22.5 Å². The number of nitrogens with zero attached hydrogens (tertiary/aromatic N) is 2. The molecule has 6 nitrogen and oxygen atoms in total. The molecule has 2 aromatic heterocycles. The van der Waals surface area contributed by atoms with E-state index in [9.17, 15) is 9.90 Å². The van der Waals surface area contributed by atoms with Gasteiger partial charge in [-0.1, -0.05) is 18.2 Å². The Morgan fingerprint density at radius 3 is 3.00 bits per heavy atom. The van der Waals surface area contributed by atoms with Crippen LogP contribution in [0.25, 0.3) is 11.3 Å². The van der Waals surface area contributed by atoms with Crippen LogP contribution in [0.15, 0.2) is 59.5 Å². The maximum atomic E-state index is 10.9. The molecule has 0 radical (unpaired) electrons. The molecule has 2 N–H and O–H groups in total. The zero-order valence-corrected chi connectivity index (χ0v) is 13.2. The van der Waals surface area contributed by atoms with Gasteiger partial charge >= 0.3 is 0 Å². The minimum Gasteiger partial charge on any atom is -0.545 e. The van der Waals surface area contributed by atoms with Crippen molar-refractivity contribution in [2.75, 3.05) is 6.54 Å². The predicted octanol–water partition coefficient (Wildman–Crippen LogP) is 0.660. The van der Waals surface area contributed by atoms with Gasteiger partial charge in [0, 0.05) is 30.9 Å². The number of carbonyl (C=O) groups excluding carboxylic acids is 1. The Morgan fingerprint density at radius 2 is 2.21 bits per heavy atom. The normalized spacial score (nSPS) is 10.8. The van der Waals surface area contributed by atoms with Crippen molar-refractivity contribution in [1.29, 1.82) is 0 Å². The molecule has 0 atom stereocenters. The summed E-state index contributed by atoms with van der Waals surface area (Å²) in [5.74, 6) is 0.348. The molecule has 124 valence electrons. The van der Waals surface area contributed by atoms with Crippen LogP contribution in [-0.2, 0) is 13.1 Å². The van der Waals surface area contributed by atoms with E-state index >= 15 is 0 Å². The Balaban J connectivity index is 1.50. The van der Waals surface area contributed by atoms with Gasteiger partial charge in [-0.3, -0.25) is 0 Å². The highest BCUT2D eigenvalue weighted by Crippen LogP contribution is 2.22. The summed E-state index contributed by atoms with van der Waals surface area (Å²) < 4.78 is 7.86. The molecule has 0 saturated heterocycles. The zero-order chi connectivity index (χ0) is 16.8. The second-order valence-corrected chi connectivity index (χ2v) is 5.57. The maximum Gasteiger partial charge on any atom is 0.158 e. The standard InChI is InChI=1S/C18H19N3O3/c22-18(23)15-4-1-3-14(11-15)17-6-5-16(24-17)12-19-7-2-9-21-10-8-20-13-21/h1,3-6,8,10-11,13,19H,2,7,9,12H2,(H,22,23). The lowest BCUT2D eigenvalue weighted by atomic mass is 10.1. The second-order valence-electron chi connectivity index (χ2n) is 5.57. The third-order valence-electron chi connectivity index (χ3n) is 3.77. The Labute approximate surface area is 139 Å². The summed E-state index contributed by atoms with van der Waals surface area (Å²) in [5.41, 5.74) is 0.888. The van der Waals surface area contributed by atoms with Gasteiger partial charge in [-0.2, -0.15) is 0 Å². The van der Waals surface area contributed by atoms with Crippen LogP contribution in [0.4, 0.5) is 0 Å². The number of aromatic nitrogens is 2. The average molecular weight is 325 g/mol. The minimum absolute atomic E-state index is 0.150. The lowest BCUT2D eigenvalue weighted by Gasteiger charge is -2.04. The fraction of sp³-hybridized carbons (Fsp3) is 0.222. The number of carboxylic acids is 1. The van der Waals surface area contributed by atoms with Gasteiger partial charge in [-0.25, -0.2) is 4.98 Å². The number of imidazole rings is 1. The van der Waals surface area contributed by atoms with E-state index in [0.717, 1.165) is 37.4 Å². The first-order valence-electron chi connectivity index (χ1n) is 7.90. The highest BCUT2D eigenvalue weighted by Gasteiger charge is 2.07. The predicted molar refractivity (Wildman–Crippen MR) is 85.8 cm³/mol. The number of nitrogens with two attached hydrogens (primary N) is 1. The van der Waals surface area contributed by atoms with E-state index in [1.807, 2.05) is 30.7 Å². The zero-order valence-electron chi connectivity index (χ0n) is 13.2. The highest BCUT2D eigenvalue weighted by atomic mass is 16.4. The number of quaternary nitrogens is 1. The molecular weight excluding hydrogens is 306 g/mol. The van der Waals surface area contributed by atoms with Gasteiger partial charge in [0.15, 0.2) is 5.76 Å². The van der Waals surface area contributed by atoms with Crippen LogP contribution in [0.2, 0.25) is 0 Å². The molecule has 2 heterocycles. The van der Waals surface area contributed by atoms with Gasteiger partial charge in [-0.05, 0) is 23.8 Å². The molecule has 0 aliphatic carbocycles. The van der Waals surface area contributed by atoms with E-state index < -0.39 is 5.97 Å². The largest absolute Gasteiger partial charge is 0.545 e. The van der Waals surface area contributed by atoms with E-state index in [1.165, 1.54) is 6.07 Å². The fourth-order valence-electron chi connectivity index (χ4n) is 2.52. The van der Waals surface area contributed by atoms with Crippen LogP contribution >= 0.6 is 0 Å². The first kappa shape index (κ1) is 16.0. The van der Waals surface area contributed by atoms with Crippen LogP contribution in [0.5, 0.6) is 0 Å². The van der Waals surface area contributed by atoms with Crippen LogP contribution in [0, 0.1) is 0 Å². The smallest absolute Gasteiger partial charge is 0.158 e. The molecule has 0 spiro atoms. The van der Waals surface area contributed by atoms with Crippen LogP contribution < -0.4 is 10.4 Å². The molecule has 0 bridgehead atoms. The Bertz CT molecular complexity index is 793. The van der Waals surface area contributed by atoms with Crippen molar-refractivity contribution in [3.8, 4) is 11.3 Å². The minimum atomic E-state index is -1.19.